The second kappa shape index (κ2) is 8.98. The second-order valence-corrected chi connectivity index (χ2v) is 8.86. The number of thiophene rings is 1. The van der Waals surface area contributed by atoms with Crippen molar-refractivity contribution in [2.45, 2.75) is 38.3 Å². The maximum absolute atomic E-state index is 12.1. The highest BCUT2D eigenvalue weighted by atomic mass is 35.5. The summed E-state index contributed by atoms with van der Waals surface area (Å²) in [5, 5.41) is 5.37. The van der Waals surface area contributed by atoms with Crippen molar-refractivity contribution >= 4 is 34.9 Å². The highest BCUT2D eigenvalue weighted by Crippen LogP contribution is 2.20. The summed E-state index contributed by atoms with van der Waals surface area (Å²) in [6, 6.07) is 3.94. The summed E-state index contributed by atoms with van der Waals surface area (Å²) in [6.07, 6.45) is 4.36. The minimum atomic E-state index is -0.338. The topological polar surface area (TPSA) is 67.1 Å². The van der Waals surface area contributed by atoms with Gasteiger partial charge in [-0.2, -0.15) is 0 Å². The molecule has 1 aromatic heterocycles. The van der Waals surface area contributed by atoms with Crippen LogP contribution in [0.5, 0.6) is 0 Å². The van der Waals surface area contributed by atoms with Crippen LogP contribution in [-0.2, 0) is 11.3 Å². The number of amides is 3. The second-order valence-electron chi connectivity index (χ2n) is 7.06. The zero-order chi connectivity index (χ0) is 17.6. The summed E-state index contributed by atoms with van der Waals surface area (Å²) in [6.45, 7) is 5.34. The van der Waals surface area contributed by atoms with E-state index in [2.05, 4.69) is 16.7 Å². The predicted octanol–water partition coefficient (Wildman–Crippen LogP) is -0.547. The fraction of sp³-hybridized carbons (Fsp3) is 0.647. The first-order valence-electron chi connectivity index (χ1n) is 9.10. The van der Waals surface area contributed by atoms with Crippen molar-refractivity contribution in [1.82, 2.24) is 10.6 Å². The molecule has 1 aliphatic carbocycles. The van der Waals surface area contributed by atoms with Crippen LogP contribution in [0.25, 0.3) is 0 Å². The lowest BCUT2D eigenvalue weighted by molar-refractivity contribution is -1.01. The Morgan fingerprint density at radius 3 is 2.44 bits per heavy atom. The van der Waals surface area contributed by atoms with Gasteiger partial charge < -0.3 is 15.1 Å². The van der Waals surface area contributed by atoms with E-state index < -0.39 is 0 Å². The third-order valence-electron chi connectivity index (χ3n) is 5.07. The van der Waals surface area contributed by atoms with E-state index in [1.54, 1.807) is 11.3 Å². The summed E-state index contributed by atoms with van der Waals surface area (Å²) in [7, 11) is 0. The van der Waals surface area contributed by atoms with Gasteiger partial charge in [0, 0.05) is 6.04 Å². The van der Waals surface area contributed by atoms with Gasteiger partial charge in [-0.1, -0.05) is 24.4 Å². The quantitative estimate of drug-likeness (QED) is 0.549. The molecule has 0 aromatic carbocycles. The first kappa shape index (κ1) is 18.6. The monoisotopic (exact) mass is 386 g/mol. The van der Waals surface area contributed by atoms with E-state index in [9.17, 15) is 9.59 Å². The summed E-state index contributed by atoms with van der Waals surface area (Å²) >= 11 is 7.62. The van der Waals surface area contributed by atoms with Crippen LogP contribution in [0, 0.1) is 0 Å². The first-order valence-corrected chi connectivity index (χ1v) is 10.3. The molecule has 0 spiro atoms. The molecule has 6 nitrogen and oxygen atoms in total. The normalized spacial score (nSPS) is 24.2. The van der Waals surface area contributed by atoms with Crippen molar-refractivity contribution < 1.29 is 19.4 Å². The Bertz CT molecular complexity index is 595. The Labute approximate surface area is 157 Å². The molecule has 3 amide bonds. The first-order chi connectivity index (χ1) is 12.1. The van der Waals surface area contributed by atoms with Gasteiger partial charge in [-0.15, -0.1) is 11.3 Å². The number of quaternary nitrogens is 2. The molecule has 8 heteroatoms. The van der Waals surface area contributed by atoms with Crippen LogP contribution in [0.4, 0.5) is 4.79 Å². The number of piperazine rings is 1. The van der Waals surface area contributed by atoms with Crippen LogP contribution in [0.15, 0.2) is 12.1 Å². The molecule has 2 heterocycles. The molecule has 2 fully saturated rings. The number of imide groups is 1. The molecule has 4 N–H and O–H groups in total. The summed E-state index contributed by atoms with van der Waals surface area (Å²) in [5.41, 5.74) is 0. The maximum atomic E-state index is 12.1. The molecule has 0 radical (unpaired) electrons. The van der Waals surface area contributed by atoms with Crippen molar-refractivity contribution in [2.24, 2.45) is 0 Å². The fourth-order valence-corrected chi connectivity index (χ4v) is 4.85. The molecule has 1 aromatic rings. The maximum Gasteiger partial charge on any atom is 0.321 e. The number of urea groups is 1. The van der Waals surface area contributed by atoms with Crippen LogP contribution in [0.2, 0.25) is 4.34 Å². The van der Waals surface area contributed by atoms with Crippen LogP contribution < -0.4 is 20.4 Å². The van der Waals surface area contributed by atoms with Gasteiger partial charge in [0.15, 0.2) is 6.54 Å². The zero-order valence-electron chi connectivity index (χ0n) is 14.4. The molecule has 25 heavy (non-hydrogen) atoms. The molecule has 0 bridgehead atoms. The fourth-order valence-electron chi connectivity index (χ4n) is 3.69. The average Bonchev–Trinajstić information content (AvgIpc) is 3.21. The highest BCUT2D eigenvalue weighted by molar-refractivity contribution is 7.16. The Kier molecular flexibility index (Phi) is 6.70. The molecule has 1 saturated heterocycles. The number of nitrogens with one attached hydrogen (secondary N) is 4. The molecular weight excluding hydrogens is 360 g/mol. The summed E-state index contributed by atoms with van der Waals surface area (Å²) in [4.78, 5) is 28.0. The van der Waals surface area contributed by atoms with Gasteiger partial charge in [0.1, 0.15) is 32.7 Å². The molecule has 3 rings (SSSR count). The van der Waals surface area contributed by atoms with Crippen molar-refractivity contribution in [3.05, 3.63) is 21.3 Å². The summed E-state index contributed by atoms with van der Waals surface area (Å²) < 4.78 is 0.839. The number of rotatable bonds is 5. The molecule has 2 aliphatic rings. The van der Waals surface area contributed by atoms with E-state index >= 15 is 0 Å². The standard InChI is InChI=1S/C17H25ClN4O2S/c18-15-6-5-14(25-15)11-21-7-9-22(10-8-21)12-16(23)20-17(24)19-13-3-1-2-4-13/h5-6,13H,1-4,7-12H2,(H2,19,20,23,24)/p+2. The van der Waals surface area contributed by atoms with Crippen molar-refractivity contribution in [3.63, 3.8) is 0 Å². The molecule has 138 valence electrons. The molecular formula is C17H27ClN4O2S+2. The molecule has 0 atom stereocenters. The van der Waals surface area contributed by atoms with E-state index in [1.165, 1.54) is 14.7 Å². The van der Waals surface area contributed by atoms with Gasteiger partial charge in [0.05, 0.1) is 9.21 Å². The number of halogens is 1. The third-order valence-corrected chi connectivity index (χ3v) is 6.30. The van der Waals surface area contributed by atoms with Gasteiger partial charge in [-0.3, -0.25) is 10.1 Å². The SMILES string of the molecule is O=C(C[NH+]1CC[NH+](Cc2ccc(Cl)s2)CC1)NC(=O)NC1CCCC1. The molecule has 1 saturated carbocycles. The van der Waals surface area contributed by atoms with E-state index in [4.69, 9.17) is 11.6 Å². The minimum absolute atomic E-state index is 0.181. The predicted molar refractivity (Wildman–Crippen MR) is 98.2 cm³/mol. The van der Waals surface area contributed by atoms with Crippen LogP contribution in [0.1, 0.15) is 30.6 Å². The Morgan fingerprint density at radius 2 is 1.80 bits per heavy atom. The largest absolute Gasteiger partial charge is 0.335 e. The number of carbonyl (C=O) groups is 2. The van der Waals surface area contributed by atoms with Crippen LogP contribution >= 0.6 is 22.9 Å². The van der Waals surface area contributed by atoms with E-state index in [0.717, 1.165) is 62.7 Å². The van der Waals surface area contributed by atoms with Gasteiger partial charge in [0.25, 0.3) is 5.91 Å². The van der Waals surface area contributed by atoms with Gasteiger partial charge >= 0.3 is 6.03 Å². The Balaban J connectivity index is 1.33. The van der Waals surface area contributed by atoms with E-state index in [1.807, 2.05) is 6.07 Å². The molecule has 1 aliphatic heterocycles. The highest BCUT2D eigenvalue weighted by Gasteiger charge is 2.26. The van der Waals surface area contributed by atoms with Crippen molar-refractivity contribution in [1.29, 1.82) is 0 Å². The zero-order valence-corrected chi connectivity index (χ0v) is 16.0. The molecule has 0 unspecified atom stereocenters. The number of hydrogen-bond acceptors (Lipinski definition) is 3. The van der Waals surface area contributed by atoms with E-state index in [-0.39, 0.29) is 18.0 Å². The number of carbonyl (C=O) groups excluding carboxylic acids is 2. The van der Waals surface area contributed by atoms with Crippen LogP contribution in [0.3, 0.4) is 0 Å². The van der Waals surface area contributed by atoms with Crippen molar-refractivity contribution in [3.8, 4) is 0 Å². The lowest BCUT2D eigenvalue weighted by Crippen LogP contribution is -3.28. The van der Waals surface area contributed by atoms with Crippen LogP contribution in [-0.4, -0.2) is 50.7 Å². The third kappa shape index (κ3) is 5.95. The smallest absolute Gasteiger partial charge is 0.321 e. The van der Waals surface area contributed by atoms with Gasteiger partial charge in [-0.05, 0) is 25.0 Å². The van der Waals surface area contributed by atoms with Gasteiger partial charge in [0.2, 0.25) is 0 Å². The minimum Gasteiger partial charge on any atom is -0.335 e. The van der Waals surface area contributed by atoms with E-state index in [0.29, 0.717) is 6.54 Å². The lowest BCUT2D eigenvalue weighted by Gasteiger charge is -2.29. The van der Waals surface area contributed by atoms with Gasteiger partial charge in [-0.25, -0.2) is 4.79 Å². The Hall–Kier alpha value is -1.15. The lowest BCUT2D eigenvalue weighted by atomic mass is 10.2. The number of hydrogen-bond donors (Lipinski definition) is 4. The summed E-state index contributed by atoms with van der Waals surface area (Å²) in [5.74, 6) is -0.181. The Morgan fingerprint density at radius 1 is 1.12 bits per heavy atom. The average molecular weight is 387 g/mol. The van der Waals surface area contributed by atoms with Crippen molar-refractivity contribution in [2.75, 3.05) is 32.7 Å².